The molecule has 7 heteroatoms. The van der Waals surface area contributed by atoms with Crippen LogP contribution in [0.5, 0.6) is 0 Å². The molecular formula is C16H19N3O3S. The largest absolute Gasteiger partial charge is 0.374 e. The second-order valence-corrected chi connectivity index (χ2v) is 6.69. The van der Waals surface area contributed by atoms with E-state index in [0.717, 1.165) is 5.69 Å². The Labute approximate surface area is 136 Å². The van der Waals surface area contributed by atoms with Gasteiger partial charge in [0.15, 0.2) is 0 Å². The standard InChI is InChI=1S/C16H19N3O3S/c1-19(14-7-3-2-4-8-14)11-10-16(20)18-13-6-5-9-15(12-13)23(17,21)22/h2-9,12H,10-11H2,1H3,(H,18,20)(H2,17,21,22). The fraction of sp³-hybridized carbons (Fsp3) is 0.188. The third-order valence-electron chi connectivity index (χ3n) is 3.32. The average Bonchev–Trinajstić information content (AvgIpc) is 2.53. The molecule has 3 N–H and O–H groups in total. The van der Waals surface area contributed by atoms with E-state index in [0.29, 0.717) is 12.2 Å². The van der Waals surface area contributed by atoms with Crippen molar-refractivity contribution in [3.63, 3.8) is 0 Å². The molecule has 0 atom stereocenters. The first-order valence-electron chi connectivity index (χ1n) is 7.05. The Bertz CT molecular complexity index is 776. The van der Waals surface area contributed by atoms with Crippen LogP contribution in [-0.2, 0) is 14.8 Å². The van der Waals surface area contributed by atoms with Gasteiger partial charge in [0.05, 0.1) is 4.90 Å². The fourth-order valence-corrected chi connectivity index (χ4v) is 2.61. The Morgan fingerprint density at radius 1 is 1.13 bits per heavy atom. The van der Waals surface area contributed by atoms with Gasteiger partial charge in [-0.2, -0.15) is 0 Å². The molecule has 23 heavy (non-hydrogen) atoms. The minimum Gasteiger partial charge on any atom is -0.374 e. The highest BCUT2D eigenvalue weighted by Crippen LogP contribution is 2.15. The van der Waals surface area contributed by atoms with Crippen molar-refractivity contribution < 1.29 is 13.2 Å². The average molecular weight is 333 g/mol. The second-order valence-electron chi connectivity index (χ2n) is 5.13. The van der Waals surface area contributed by atoms with E-state index in [9.17, 15) is 13.2 Å². The predicted molar refractivity (Wildman–Crippen MR) is 90.8 cm³/mol. The van der Waals surface area contributed by atoms with Crippen molar-refractivity contribution in [2.24, 2.45) is 5.14 Å². The molecule has 0 spiro atoms. The van der Waals surface area contributed by atoms with Gasteiger partial charge in [0.1, 0.15) is 0 Å². The van der Waals surface area contributed by atoms with Crippen molar-refractivity contribution in [3.8, 4) is 0 Å². The van der Waals surface area contributed by atoms with Crippen LogP contribution in [0.2, 0.25) is 0 Å². The molecule has 0 aliphatic rings. The second kappa shape index (κ2) is 7.26. The lowest BCUT2D eigenvalue weighted by atomic mass is 10.2. The van der Waals surface area contributed by atoms with Gasteiger partial charge in [0, 0.05) is 31.4 Å². The number of anilines is 2. The number of hydrogen-bond acceptors (Lipinski definition) is 4. The number of sulfonamides is 1. The van der Waals surface area contributed by atoms with Crippen LogP contribution in [0.4, 0.5) is 11.4 Å². The predicted octanol–water partition coefficient (Wildman–Crippen LogP) is 1.80. The summed E-state index contributed by atoms with van der Waals surface area (Å²) >= 11 is 0. The minimum absolute atomic E-state index is 0.0308. The van der Waals surface area contributed by atoms with Crippen molar-refractivity contribution in [2.45, 2.75) is 11.3 Å². The van der Waals surface area contributed by atoms with Crippen molar-refractivity contribution in [3.05, 3.63) is 54.6 Å². The molecule has 0 fully saturated rings. The van der Waals surface area contributed by atoms with Gasteiger partial charge < -0.3 is 10.2 Å². The Kier molecular flexibility index (Phi) is 5.36. The molecule has 0 aliphatic carbocycles. The molecule has 0 saturated carbocycles. The number of nitrogens with two attached hydrogens (primary N) is 1. The maximum Gasteiger partial charge on any atom is 0.238 e. The van der Waals surface area contributed by atoms with Crippen molar-refractivity contribution in [2.75, 3.05) is 23.8 Å². The number of benzene rings is 2. The Morgan fingerprint density at radius 3 is 2.48 bits per heavy atom. The molecule has 0 saturated heterocycles. The topological polar surface area (TPSA) is 92.5 Å². The van der Waals surface area contributed by atoms with E-state index in [-0.39, 0.29) is 17.2 Å². The highest BCUT2D eigenvalue weighted by atomic mass is 32.2. The number of para-hydroxylation sites is 1. The summed E-state index contributed by atoms with van der Waals surface area (Å²) in [5, 5.41) is 7.75. The van der Waals surface area contributed by atoms with Gasteiger partial charge in [0.25, 0.3) is 0 Å². The van der Waals surface area contributed by atoms with Crippen LogP contribution >= 0.6 is 0 Å². The van der Waals surface area contributed by atoms with Gasteiger partial charge in [-0.3, -0.25) is 4.79 Å². The van der Waals surface area contributed by atoms with E-state index < -0.39 is 10.0 Å². The Morgan fingerprint density at radius 2 is 1.83 bits per heavy atom. The van der Waals surface area contributed by atoms with Gasteiger partial charge in [0.2, 0.25) is 15.9 Å². The van der Waals surface area contributed by atoms with Crippen molar-refractivity contribution in [1.29, 1.82) is 0 Å². The lowest BCUT2D eigenvalue weighted by Crippen LogP contribution is -2.24. The van der Waals surface area contributed by atoms with Crippen LogP contribution in [0, 0.1) is 0 Å². The monoisotopic (exact) mass is 333 g/mol. The number of hydrogen-bond donors (Lipinski definition) is 2. The molecule has 2 aromatic rings. The molecule has 2 aromatic carbocycles. The molecule has 2 rings (SSSR count). The summed E-state index contributed by atoms with van der Waals surface area (Å²) in [5.74, 6) is -0.195. The Balaban J connectivity index is 1.93. The summed E-state index contributed by atoms with van der Waals surface area (Å²) in [7, 11) is -1.88. The zero-order valence-corrected chi connectivity index (χ0v) is 13.6. The number of carbonyl (C=O) groups excluding carboxylic acids is 1. The van der Waals surface area contributed by atoms with Crippen LogP contribution in [0.3, 0.4) is 0 Å². The molecule has 1 amide bonds. The maximum atomic E-state index is 12.0. The van der Waals surface area contributed by atoms with Gasteiger partial charge in [-0.15, -0.1) is 0 Å². The summed E-state index contributed by atoms with van der Waals surface area (Å²) in [6.45, 7) is 0.546. The van der Waals surface area contributed by atoms with E-state index >= 15 is 0 Å². The first-order valence-corrected chi connectivity index (χ1v) is 8.60. The third-order valence-corrected chi connectivity index (χ3v) is 4.23. The van der Waals surface area contributed by atoms with Crippen LogP contribution in [0.15, 0.2) is 59.5 Å². The van der Waals surface area contributed by atoms with Gasteiger partial charge >= 0.3 is 0 Å². The number of nitrogens with zero attached hydrogens (tertiary/aromatic N) is 1. The summed E-state index contributed by atoms with van der Waals surface area (Å²) < 4.78 is 22.6. The summed E-state index contributed by atoms with van der Waals surface area (Å²) in [5.41, 5.74) is 1.43. The number of carbonyl (C=O) groups is 1. The lowest BCUT2D eigenvalue weighted by molar-refractivity contribution is -0.116. The van der Waals surface area contributed by atoms with E-state index in [2.05, 4.69) is 5.32 Å². The molecule has 0 unspecified atom stereocenters. The molecular weight excluding hydrogens is 314 g/mol. The van der Waals surface area contributed by atoms with Gasteiger partial charge in [-0.05, 0) is 30.3 Å². The molecule has 0 aromatic heterocycles. The number of rotatable bonds is 6. The maximum absolute atomic E-state index is 12.0. The molecule has 122 valence electrons. The fourth-order valence-electron chi connectivity index (χ4n) is 2.06. The zero-order valence-electron chi connectivity index (χ0n) is 12.8. The highest BCUT2D eigenvalue weighted by molar-refractivity contribution is 7.89. The van der Waals surface area contributed by atoms with Crippen LogP contribution in [0.1, 0.15) is 6.42 Å². The van der Waals surface area contributed by atoms with E-state index in [1.54, 1.807) is 6.07 Å². The lowest BCUT2D eigenvalue weighted by Gasteiger charge is -2.18. The van der Waals surface area contributed by atoms with Crippen LogP contribution in [-0.4, -0.2) is 27.9 Å². The molecule has 0 radical (unpaired) electrons. The summed E-state index contributed by atoms with van der Waals surface area (Å²) in [6.07, 6.45) is 0.283. The summed E-state index contributed by atoms with van der Waals surface area (Å²) in [6, 6.07) is 15.6. The quantitative estimate of drug-likeness (QED) is 0.843. The van der Waals surface area contributed by atoms with Gasteiger partial charge in [-0.1, -0.05) is 24.3 Å². The summed E-state index contributed by atoms with van der Waals surface area (Å²) in [4.78, 5) is 13.9. The van der Waals surface area contributed by atoms with Gasteiger partial charge in [-0.25, -0.2) is 13.6 Å². The molecule has 6 nitrogen and oxygen atoms in total. The first-order chi connectivity index (χ1) is 10.9. The number of nitrogens with one attached hydrogen (secondary N) is 1. The molecule has 0 aliphatic heterocycles. The SMILES string of the molecule is CN(CCC(=O)Nc1cccc(S(N)(=O)=O)c1)c1ccccc1. The number of primary sulfonamides is 1. The molecule has 0 bridgehead atoms. The highest BCUT2D eigenvalue weighted by Gasteiger charge is 2.10. The first kappa shape index (κ1) is 17.0. The molecule has 0 heterocycles. The van der Waals surface area contributed by atoms with Crippen molar-refractivity contribution in [1.82, 2.24) is 0 Å². The number of amides is 1. The van der Waals surface area contributed by atoms with E-state index in [1.807, 2.05) is 42.3 Å². The van der Waals surface area contributed by atoms with Crippen LogP contribution in [0.25, 0.3) is 0 Å². The Hall–Kier alpha value is -2.38. The third kappa shape index (κ3) is 5.08. The van der Waals surface area contributed by atoms with Crippen LogP contribution < -0.4 is 15.4 Å². The normalized spacial score (nSPS) is 11.0. The zero-order chi connectivity index (χ0) is 16.9. The van der Waals surface area contributed by atoms with Crippen molar-refractivity contribution >= 4 is 27.3 Å². The van der Waals surface area contributed by atoms with E-state index in [4.69, 9.17) is 5.14 Å². The van der Waals surface area contributed by atoms with E-state index in [1.165, 1.54) is 18.2 Å². The smallest absolute Gasteiger partial charge is 0.238 e. The minimum atomic E-state index is -3.78.